The Kier molecular flexibility index (Phi) is 6.60. The third kappa shape index (κ3) is 3.83. The van der Waals surface area contributed by atoms with Crippen molar-refractivity contribution in [3.63, 3.8) is 0 Å². The molecular formula is C31H26ClN5O9. The second kappa shape index (κ2) is 10.2. The number of hydrogen-bond donors (Lipinski definition) is 5. The summed E-state index contributed by atoms with van der Waals surface area (Å²) in [7, 11) is 3.14. The number of aliphatic hydroxyl groups is 2. The Balaban J connectivity index is 1.44. The minimum absolute atomic E-state index is 0.0484. The number of aromatic hydroxyl groups is 1. The molecule has 1 saturated heterocycles. The maximum Gasteiger partial charge on any atom is 0.260 e. The van der Waals surface area contributed by atoms with Crippen molar-refractivity contribution in [1.82, 2.24) is 20.4 Å². The van der Waals surface area contributed by atoms with Gasteiger partial charge in [0.1, 0.15) is 22.7 Å². The quantitative estimate of drug-likeness (QED) is 0.124. The molecule has 1 spiro atoms. The summed E-state index contributed by atoms with van der Waals surface area (Å²) in [6.45, 7) is 3.21. The normalized spacial score (nSPS) is 20.0. The molecular weight excluding hydrogens is 622 g/mol. The van der Waals surface area contributed by atoms with Crippen LogP contribution in [0, 0.1) is 10.4 Å². The fourth-order valence-corrected chi connectivity index (χ4v) is 7.31. The third-order valence-electron chi connectivity index (χ3n) is 9.28. The van der Waals surface area contributed by atoms with Crippen LogP contribution in [0.5, 0.6) is 11.5 Å². The molecule has 0 saturated carbocycles. The number of nitrogens with one attached hydrogen (secondary N) is 2. The molecule has 0 bridgehead atoms. The largest absolute Gasteiger partial charge is 0.510 e. The van der Waals surface area contributed by atoms with Gasteiger partial charge in [-0.15, -0.1) is 0 Å². The number of pyridine rings is 1. The highest BCUT2D eigenvalue weighted by atomic mass is 35.5. The van der Waals surface area contributed by atoms with Crippen molar-refractivity contribution in [2.75, 3.05) is 40.3 Å². The Labute approximate surface area is 261 Å². The van der Waals surface area contributed by atoms with E-state index in [1.807, 2.05) is 12.1 Å². The summed E-state index contributed by atoms with van der Waals surface area (Å²) >= 11 is 6.82. The van der Waals surface area contributed by atoms with Crippen LogP contribution < -0.4 is 48.0 Å². The van der Waals surface area contributed by atoms with Gasteiger partial charge >= 0.3 is 0 Å². The molecule has 1 atom stereocenters. The number of hydrazine groups is 1. The molecule has 4 aliphatic carbocycles. The molecule has 1 fully saturated rings. The molecule has 5 N–H and O–H groups in total. The monoisotopic (exact) mass is 647 g/mol. The van der Waals surface area contributed by atoms with Crippen LogP contribution in [0.1, 0.15) is 23.2 Å². The Bertz CT molecular complexity index is 2530. The van der Waals surface area contributed by atoms with Crippen molar-refractivity contribution < 1.29 is 20.1 Å². The molecule has 5 aliphatic rings. The molecule has 1 aromatic carbocycles. The lowest BCUT2D eigenvalue weighted by molar-refractivity contribution is 0.107. The topological polar surface area (TPSA) is 202 Å². The zero-order valence-electron chi connectivity index (χ0n) is 24.5. The van der Waals surface area contributed by atoms with Gasteiger partial charge in [-0.25, -0.2) is 10.5 Å². The number of aromatic amines is 1. The van der Waals surface area contributed by atoms with Gasteiger partial charge in [-0.2, -0.15) is 5.10 Å². The van der Waals surface area contributed by atoms with Crippen LogP contribution in [-0.4, -0.2) is 76.8 Å². The fourth-order valence-electron chi connectivity index (χ4n) is 6.97. The van der Waals surface area contributed by atoms with E-state index in [2.05, 4.69) is 20.5 Å². The Morgan fingerprint density at radius 3 is 2.26 bits per heavy atom. The summed E-state index contributed by atoms with van der Waals surface area (Å²) in [5.41, 5.74) is -3.79. The average molecular weight is 648 g/mol. The number of fused-ring (bicyclic) bond motifs is 4. The number of phenols is 1. The van der Waals surface area contributed by atoms with Crippen LogP contribution in [0.15, 0.2) is 41.2 Å². The first-order chi connectivity index (χ1) is 21.9. The van der Waals surface area contributed by atoms with E-state index >= 15 is 0 Å². The van der Waals surface area contributed by atoms with Gasteiger partial charge in [0.2, 0.25) is 16.3 Å². The summed E-state index contributed by atoms with van der Waals surface area (Å²) < 4.78 is 4.91. The molecule has 2 aromatic rings. The molecule has 0 amide bonds. The number of nitrogens with zero attached hydrogens (tertiary/aromatic N) is 3. The van der Waals surface area contributed by atoms with Gasteiger partial charge in [-0.1, -0.05) is 11.6 Å². The number of H-pyrrole nitrogens is 1. The number of rotatable bonds is 4. The van der Waals surface area contributed by atoms with Crippen LogP contribution in [0.25, 0.3) is 22.3 Å². The number of halogens is 1. The van der Waals surface area contributed by atoms with Crippen molar-refractivity contribution in [2.45, 2.75) is 18.3 Å². The molecule has 7 rings (SSSR count). The van der Waals surface area contributed by atoms with Crippen molar-refractivity contribution in [3.8, 4) is 11.5 Å². The first kappa shape index (κ1) is 29.6. The van der Waals surface area contributed by atoms with E-state index in [9.17, 15) is 39.3 Å². The maximum absolute atomic E-state index is 13.7. The number of ether oxygens (including phenoxy) is 1. The molecule has 1 aliphatic heterocycles. The molecule has 46 heavy (non-hydrogen) atoms. The molecule has 0 radical (unpaired) electrons. The minimum Gasteiger partial charge on any atom is -0.510 e. The van der Waals surface area contributed by atoms with Gasteiger partial charge < -0.3 is 29.9 Å². The Hall–Kier alpha value is -5.05. The van der Waals surface area contributed by atoms with Gasteiger partial charge in [0.15, 0.2) is 11.2 Å². The summed E-state index contributed by atoms with van der Waals surface area (Å²) in [6.07, 6.45) is 1.29. The van der Waals surface area contributed by atoms with E-state index in [0.29, 0.717) is 0 Å². The summed E-state index contributed by atoms with van der Waals surface area (Å²) in [5, 5.41) is 38.1. The summed E-state index contributed by atoms with van der Waals surface area (Å²) in [5.74, 6) is -2.70. The van der Waals surface area contributed by atoms with E-state index in [1.165, 1.54) is 12.3 Å². The standard InChI is InChI=1S/C31H26ClN5O9/c1-36-5-7-37(8-6-36)35-33-11-12-9-14-17(30(45)34-12)27(42)22-13(23(14)32)3-4-31(22)28(43)20-21(29(31)44)26(41)19-18(25(20)40)15(38)10-16(46-2)24(19)39/h9-11,35,42-44H,3-8H2,1-2H3,(H,34,45)/t31-/m0/s1. The summed E-state index contributed by atoms with van der Waals surface area (Å²) in [6, 6.07) is 2.30. The molecule has 236 valence electrons. The van der Waals surface area contributed by atoms with E-state index in [1.54, 1.807) is 0 Å². The first-order valence-corrected chi connectivity index (χ1v) is 14.7. The lowest BCUT2D eigenvalue weighted by atomic mass is 9.78. The van der Waals surface area contributed by atoms with Crippen molar-refractivity contribution in [2.24, 2.45) is 5.10 Å². The zero-order valence-corrected chi connectivity index (χ0v) is 25.2. The van der Waals surface area contributed by atoms with Crippen LogP contribution in [0.2, 0.25) is 5.02 Å². The van der Waals surface area contributed by atoms with Gasteiger partial charge in [0, 0.05) is 43.2 Å². The maximum atomic E-state index is 13.7. The number of benzene rings is 1. The number of hydrazone groups is 1. The fraction of sp³-hybridized carbons (Fsp3) is 0.290. The first-order valence-electron chi connectivity index (χ1n) is 14.3. The molecule has 14 nitrogen and oxygen atoms in total. The smallest absolute Gasteiger partial charge is 0.260 e. The van der Waals surface area contributed by atoms with E-state index < -0.39 is 76.6 Å². The number of hydrogen-bond acceptors (Lipinski definition) is 13. The van der Waals surface area contributed by atoms with E-state index in [4.69, 9.17) is 16.3 Å². The highest BCUT2D eigenvalue weighted by Gasteiger charge is 2.53. The van der Waals surface area contributed by atoms with E-state index in [0.717, 1.165) is 39.4 Å². The number of likely N-dealkylation sites (N-methyl/N-ethyl adjacent to an activating group) is 1. The number of phenolic OH excluding ortho intramolecular Hbond substituents is 1. The number of methoxy groups -OCH3 is 1. The van der Waals surface area contributed by atoms with Crippen LogP contribution >= 0.6 is 11.6 Å². The van der Waals surface area contributed by atoms with Crippen LogP contribution in [-0.2, 0) is 11.8 Å². The number of piperazine rings is 1. The van der Waals surface area contributed by atoms with Crippen molar-refractivity contribution in [3.05, 3.63) is 106 Å². The van der Waals surface area contributed by atoms with Crippen LogP contribution in [0.4, 0.5) is 0 Å². The predicted molar refractivity (Wildman–Crippen MR) is 168 cm³/mol. The van der Waals surface area contributed by atoms with Crippen molar-refractivity contribution in [1.29, 1.82) is 0 Å². The SMILES string of the molecule is COc1cc(=O)c2c(=O)c3c(c(=O)c=2c1=O)=C(O)[C@]1(CCc2c1c(O)c1c(=O)[nH]c(C=NNN4CCN(C)CC4)cc1c2Cl)C=3O. The second-order valence-electron chi connectivity index (χ2n) is 11.7. The second-order valence-corrected chi connectivity index (χ2v) is 12.1. The number of aliphatic hydroxyl groups excluding tert-OH is 2. The van der Waals surface area contributed by atoms with E-state index in [-0.39, 0.29) is 45.5 Å². The zero-order chi connectivity index (χ0) is 32.8. The van der Waals surface area contributed by atoms with Gasteiger partial charge in [-0.3, -0.25) is 24.0 Å². The summed E-state index contributed by atoms with van der Waals surface area (Å²) in [4.78, 5) is 71.3. The Morgan fingerprint density at radius 2 is 1.61 bits per heavy atom. The molecule has 15 heteroatoms. The predicted octanol–water partition coefficient (Wildman–Crippen LogP) is -1.75. The van der Waals surface area contributed by atoms with Crippen LogP contribution in [0.3, 0.4) is 0 Å². The Morgan fingerprint density at radius 1 is 0.957 bits per heavy atom. The highest BCUT2D eigenvalue weighted by Crippen LogP contribution is 2.56. The lowest BCUT2D eigenvalue weighted by Crippen LogP contribution is -2.51. The highest BCUT2D eigenvalue weighted by molar-refractivity contribution is 6.37. The third-order valence-corrected chi connectivity index (χ3v) is 9.72. The average Bonchev–Trinajstić information content (AvgIpc) is 3.54. The molecule has 1 aromatic heterocycles. The molecule has 2 heterocycles. The molecule has 0 unspecified atom stereocenters. The van der Waals surface area contributed by atoms with Crippen molar-refractivity contribution >= 4 is 40.1 Å². The van der Waals surface area contributed by atoms with Gasteiger partial charge in [-0.05, 0) is 31.5 Å². The van der Waals surface area contributed by atoms with Gasteiger partial charge in [0.05, 0.1) is 50.3 Å². The lowest BCUT2D eigenvalue weighted by Gasteiger charge is -2.31. The van der Waals surface area contributed by atoms with Gasteiger partial charge in [0.25, 0.3) is 5.56 Å². The number of aromatic nitrogens is 1. The minimum atomic E-state index is -2.05.